The van der Waals surface area contributed by atoms with Gasteiger partial charge in [-0.2, -0.15) is 0 Å². The minimum atomic E-state index is 0.0796. The van der Waals surface area contributed by atoms with Crippen molar-refractivity contribution in [1.29, 1.82) is 0 Å². The van der Waals surface area contributed by atoms with E-state index in [2.05, 4.69) is 4.57 Å². The molecule has 0 spiro atoms. The van der Waals surface area contributed by atoms with Crippen LogP contribution in [0.25, 0.3) is 5.69 Å². The summed E-state index contributed by atoms with van der Waals surface area (Å²) in [6.07, 6.45) is 2.00. The summed E-state index contributed by atoms with van der Waals surface area (Å²) >= 11 is 7.58. The number of halogens is 1. The Kier molecular flexibility index (Phi) is 2.84. The average molecular weight is 279 g/mol. The first-order chi connectivity index (χ1) is 8.66. The number of fused-ring (bicyclic) bond motifs is 3. The van der Waals surface area contributed by atoms with Crippen molar-refractivity contribution in [3.8, 4) is 5.69 Å². The Morgan fingerprint density at radius 1 is 1.28 bits per heavy atom. The number of benzene rings is 1. The highest BCUT2D eigenvalue weighted by molar-refractivity contribution is 7.99. The van der Waals surface area contributed by atoms with Crippen LogP contribution in [0.2, 0.25) is 5.02 Å². The maximum Gasteiger partial charge on any atom is 0.237 e. The molecule has 0 saturated carbocycles. The summed E-state index contributed by atoms with van der Waals surface area (Å²) < 4.78 is 2.08. The van der Waals surface area contributed by atoms with E-state index in [4.69, 9.17) is 11.6 Å². The van der Waals surface area contributed by atoms with E-state index in [9.17, 15) is 4.79 Å². The topological polar surface area (TPSA) is 25.2 Å². The lowest BCUT2D eigenvalue weighted by Crippen LogP contribution is -2.30. The lowest BCUT2D eigenvalue weighted by atomic mass is 10.2. The van der Waals surface area contributed by atoms with Crippen molar-refractivity contribution in [2.75, 3.05) is 17.7 Å². The maximum atomic E-state index is 12.0. The smallest absolute Gasteiger partial charge is 0.237 e. The van der Waals surface area contributed by atoms with Crippen LogP contribution in [-0.4, -0.2) is 23.3 Å². The van der Waals surface area contributed by atoms with E-state index in [1.54, 1.807) is 23.7 Å². The monoisotopic (exact) mass is 278 g/mol. The van der Waals surface area contributed by atoms with Crippen LogP contribution < -0.4 is 4.90 Å². The molecule has 2 aromatic rings. The molecule has 0 unspecified atom stereocenters. The molecule has 1 aromatic carbocycles. The largest absolute Gasteiger partial charge is 0.313 e. The molecule has 0 aliphatic carbocycles. The quantitative estimate of drug-likeness (QED) is 0.739. The summed E-state index contributed by atoms with van der Waals surface area (Å²) in [6, 6.07) is 9.61. The van der Waals surface area contributed by atoms with Gasteiger partial charge in [0.25, 0.3) is 0 Å². The van der Waals surface area contributed by atoms with Gasteiger partial charge < -0.3 is 9.47 Å². The fraction of sp³-hybridized carbons (Fsp3) is 0.154. The Bertz CT molecular complexity index is 623. The van der Waals surface area contributed by atoms with Crippen LogP contribution in [0.15, 0.2) is 41.6 Å². The Balaban J connectivity index is 2.27. The van der Waals surface area contributed by atoms with Crippen LogP contribution in [0, 0.1) is 0 Å². The lowest BCUT2D eigenvalue weighted by molar-refractivity contribution is -0.115. The van der Waals surface area contributed by atoms with Gasteiger partial charge in [0.05, 0.1) is 22.2 Å². The number of carbonyl (C=O) groups is 1. The van der Waals surface area contributed by atoms with Gasteiger partial charge in [0.1, 0.15) is 0 Å². The zero-order chi connectivity index (χ0) is 12.7. The summed E-state index contributed by atoms with van der Waals surface area (Å²) in [5.41, 5.74) is 1.81. The van der Waals surface area contributed by atoms with E-state index in [0.29, 0.717) is 10.8 Å². The van der Waals surface area contributed by atoms with Gasteiger partial charge >= 0.3 is 0 Å². The first-order valence-corrected chi connectivity index (χ1v) is 6.90. The Morgan fingerprint density at radius 3 is 2.94 bits per heavy atom. The van der Waals surface area contributed by atoms with Gasteiger partial charge in [-0.3, -0.25) is 4.79 Å². The van der Waals surface area contributed by atoms with Crippen LogP contribution in [0.5, 0.6) is 0 Å². The third-order valence-corrected chi connectivity index (χ3v) is 4.24. The van der Waals surface area contributed by atoms with E-state index >= 15 is 0 Å². The number of carbonyl (C=O) groups excluding carboxylic acids is 1. The maximum absolute atomic E-state index is 12.0. The van der Waals surface area contributed by atoms with E-state index in [-0.39, 0.29) is 5.91 Å². The van der Waals surface area contributed by atoms with Crippen LogP contribution >= 0.6 is 23.4 Å². The molecule has 5 heteroatoms. The van der Waals surface area contributed by atoms with Crippen LogP contribution in [0.3, 0.4) is 0 Å². The van der Waals surface area contributed by atoms with Crippen molar-refractivity contribution in [2.24, 2.45) is 0 Å². The van der Waals surface area contributed by atoms with Gasteiger partial charge in [-0.05, 0) is 30.3 Å². The van der Waals surface area contributed by atoms with E-state index in [1.807, 2.05) is 36.5 Å². The molecule has 0 fully saturated rings. The number of hydrogen-bond donors (Lipinski definition) is 0. The molecule has 0 bridgehead atoms. The number of anilines is 1. The molecule has 3 nitrogen and oxygen atoms in total. The average Bonchev–Trinajstić information content (AvgIpc) is 2.81. The summed E-state index contributed by atoms with van der Waals surface area (Å²) in [4.78, 5) is 13.7. The number of hydrogen-bond acceptors (Lipinski definition) is 2. The van der Waals surface area contributed by atoms with Crippen LogP contribution in [0.4, 0.5) is 5.69 Å². The highest BCUT2D eigenvalue weighted by Gasteiger charge is 2.21. The van der Waals surface area contributed by atoms with Crippen molar-refractivity contribution in [1.82, 2.24) is 4.57 Å². The summed E-state index contributed by atoms with van der Waals surface area (Å²) in [7, 11) is 1.78. The standard InChI is InChI=1S/C13H11ClN2OS/c1-15-11-7-9(14)4-5-10(11)16-6-2-3-13(16)18-8-12(15)17/h2-7H,8H2,1H3. The zero-order valence-electron chi connectivity index (χ0n) is 9.76. The van der Waals surface area contributed by atoms with Gasteiger partial charge in [0.15, 0.2) is 0 Å². The lowest BCUT2D eigenvalue weighted by Gasteiger charge is -2.24. The molecule has 0 atom stereocenters. The molecular weight excluding hydrogens is 268 g/mol. The number of rotatable bonds is 0. The summed E-state index contributed by atoms with van der Waals surface area (Å²) in [5, 5.41) is 1.70. The Hall–Kier alpha value is -1.39. The molecular formula is C13H11ClN2OS. The molecule has 1 aliphatic rings. The van der Waals surface area contributed by atoms with Crippen molar-refractivity contribution < 1.29 is 4.79 Å². The fourth-order valence-corrected chi connectivity index (χ4v) is 3.12. The number of thioether (sulfide) groups is 1. The second-order valence-corrected chi connectivity index (χ2v) is 5.52. The summed E-state index contributed by atoms with van der Waals surface area (Å²) in [5.74, 6) is 0.517. The number of nitrogens with zero attached hydrogens (tertiary/aromatic N) is 2. The first kappa shape index (κ1) is 11.7. The van der Waals surface area contributed by atoms with Crippen molar-refractivity contribution in [3.05, 3.63) is 41.6 Å². The fourth-order valence-electron chi connectivity index (χ4n) is 2.02. The van der Waals surface area contributed by atoms with Crippen molar-refractivity contribution >= 4 is 35.0 Å². The molecule has 0 radical (unpaired) electrons. The second kappa shape index (κ2) is 4.37. The van der Waals surface area contributed by atoms with E-state index in [0.717, 1.165) is 16.4 Å². The van der Waals surface area contributed by atoms with Crippen LogP contribution in [0.1, 0.15) is 0 Å². The van der Waals surface area contributed by atoms with Crippen molar-refractivity contribution in [2.45, 2.75) is 5.03 Å². The molecule has 2 heterocycles. The summed E-state index contributed by atoms with van der Waals surface area (Å²) in [6.45, 7) is 0. The molecule has 1 aromatic heterocycles. The molecule has 0 saturated heterocycles. The minimum absolute atomic E-state index is 0.0796. The van der Waals surface area contributed by atoms with Gasteiger partial charge in [-0.1, -0.05) is 23.4 Å². The minimum Gasteiger partial charge on any atom is -0.313 e. The van der Waals surface area contributed by atoms with Gasteiger partial charge in [-0.15, -0.1) is 0 Å². The molecule has 1 aliphatic heterocycles. The predicted molar refractivity (Wildman–Crippen MR) is 74.9 cm³/mol. The second-order valence-electron chi connectivity index (χ2n) is 4.09. The Morgan fingerprint density at radius 2 is 2.11 bits per heavy atom. The molecule has 18 heavy (non-hydrogen) atoms. The third-order valence-electron chi connectivity index (χ3n) is 2.99. The normalized spacial score (nSPS) is 14.8. The van der Waals surface area contributed by atoms with Gasteiger partial charge in [0.2, 0.25) is 5.91 Å². The zero-order valence-corrected chi connectivity index (χ0v) is 11.3. The molecule has 92 valence electrons. The first-order valence-electron chi connectivity index (χ1n) is 5.53. The highest BCUT2D eigenvalue weighted by Crippen LogP contribution is 2.34. The Labute approximate surface area is 114 Å². The van der Waals surface area contributed by atoms with Crippen LogP contribution in [-0.2, 0) is 4.79 Å². The number of amides is 1. The molecule has 3 rings (SSSR count). The SMILES string of the molecule is CN1C(=O)CSc2cccn2-c2ccc(Cl)cc21. The third kappa shape index (κ3) is 1.82. The molecule has 0 N–H and O–H groups in total. The highest BCUT2D eigenvalue weighted by atomic mass is 35.5. The predicted octanol–water partition coefficient (Wildman–Crippen LogP) is 3.20. The van der Waals surface area contributed by atoms with Gasteiger partial charge in [0, 0.05) is 18.3 Å². The van der Waals surface area contributed by atoms with Gasteiger partial charge in [-0.25, -0.2) is 0 Å². The van der Waals surface area contributed by atoms with Crippen molar-refractivity contribution in [3.63, 3.8) is 0 Å². The van der Waals surface area contributed by atoms with E-state index in [1.165, 1.54) is 0 Å². The number of aromatic nitrogens is 1. The molecule has 1 amide bonds. The van der Waals surface area contributed by atoms with E-state index < -0.39 is 0 Å².